The minimum atomic E-state index is -0.0787. The topological polar surface area (TPSA) is 29.6 Å². The highest BCUT2D eigenvalue weighted by Crippen LogP contribution is 2.16. The summed E-state index contributed by atoms with van der Waals surface area (Å²) in [6.45, 7) is 1.87. The Morgan fingerprint density at radius 3 is 2.33 bits per heavy atom. The number of hydrogen-bond acceptors (Lipinski definition) is 2. The Labute approximate surface area is 36.1 Å². The van der Waals surface area contributed by atoms with Crippen LogP contribution in [0.25, 0.3) is 0 Å². The van der Waals surface area contributed by atoms with Crippen LogP contribution in [-0.2, 0) is 9.53 Å². The Morgan fingerprint density at radius 2 is 2.33 bits per heavy atom. The highest BCUT2D eigenvalue weighted by Gasteiger charge is 2.33. The van der Waals surface area contributed by atoms with E-state index in [0.717, 1.165) is 6.29 Å². The van der Waals surface area contributed by atoms with Gasteiger partial charge < -0.3 is 9.53 Å². The minimum Gasteiger partial charge on any atom is -0.362 e. The lowest BCUT2D eigenvalue weighted by Crippen LogP contribution is -1.86. The molecule has 34 valence electrons. The summed E-state index contributed by atoms with van der Waals surface area (Å²) in [4.78, 5) is 9.65. The summed E-state index contributed by atoms with van der Waals surface area (Å²) in [5.41, 5.74) is 0. The molecule has 1 saturated heterocycles. The molecule has 2 nitrogen and oxygen atoms in total. The second-order valence-electron chi connectivity index (χ2n) is 1.44. The van der Waals surface area contributed by atoms with Gasteiger partial charge in [-0.3, -0.25) is 0 Å². The normalized spacial score (nSPS) is 42.2. The average Bonchev–Trinajstić information content (AvgIpc) is 2.19. The minimum absolute atomic E-state index is 0.0787. The van der Waals surface area contributed by atoms with Gasteiger partial charge in [-0.15, -0.1) is 0 Å². The van der Waals surface area contributed by atoms with Crippen molar-refractivity contribution in [2.24, 2.45) is 0 Å². The molecular formula is C4H6O2. The molecular weight excluding hydrogens is 80.0 g/mol. The predicted octanol–water partition coefficient (Wildman–Crippen LogP) is -0.0274. The highest BCUT2D eigenvalue weighted by atomic mass is 16.6. The second kappa shape index (κ2) is 1.05. The number of aldehydes is 1. The van der Waals surface area contributed by atoms with Gasteiger partial charge in [0.15, 0.2) is 6.29 Å². The molecule has 1 fully saturated rings. The first-order chi connectivity index (χ1) is 2.84. The first-order valence-electron chi connectivity index (χ1n) is 1.95. The third-order valence-electron chi connectivity index (χ3n) is 0.892. The van der Waals surface area contributed by atoms with Crippen LogP contribution in [0.2, 0.25) is 0 Å². The van der Waals surface area contributed by atoms with Crippen LogP contribution in [0.1, 0.15) is 6.92 Å². The van der Waals surface area contributed by atoms with Gasteiger partial charge in [0.25, 0.3) is 0 Å². The maximum absolute atomic E-state index is 9.65. The molecule has 1 aliphatic rings. The lowest BCUT2D eigenvalue weighted by Gasteiger charge is -1.58. The van der Waals surface area contributed by atoms with Crippen molar-refractivity contribution in [3.05, 3.63) is 0 Å². The van der Waals surface area contributed by atoms with E-state index in [2.05, 4.69) is 0 Å². The van der Waals surface area contributed by atoms with Crippen LogP contribution >= 0.6 is 0 Å². The largest absolute Gasteiger partial charge is 0.362 e. The van der Waals surface area contributed by atoms with Crippen LogP contribution in [0.4, 0.5) is 0 Å². The van der Waals surface area contributed by atoms with Crippen LogP contribution in [-0.4, -0.2) is 18.5 Å². The summed E-state index contributed by atoms with van der Waals surface area (Å²) in [7, 11) is 0. The number of hydrogen-bond donors (Lipinski definition) is 0. The zero-order chi connectivity index (χ0) is 4.57. The summed E-state index contributed by atoms with van der Waals surface area (Å²) in [5, 5.41) is 0. The van der Waals surface area contributed by atoms with Gasteiger partial charge in [0.05, 0.1) is 6.10 Å². The van der Waals surface area contributed by atoms with E-state index in [-0.39, 0.29) is 12.2 Å². The second-order valence-corrected chi connectivity index (χ2v) is 1.44. The zero-order valence-corrected chi connectivity index (χ0v) is 3.55. The molecule has 0 spiro atoms. The third kappa shape index (κ3) is 0.431. The van der Waals surface area contributed by atoms with Crippen molar-refractivity contribution in [3.63, 3.8) is 0 Å². The van der Waals surface area contributed by atoms with E-state index in [1.165, 1.54) is 0 Å². The Kier molecular flexibility index (Phi) is 0.665. The molecule has 2 heteroatoms. The van der Waals surface area contributed by atoms with E-state index >= 15 is 0 Å². The van der Waals surface area contributed by atoms with Crippen LogP contribution < -0.4 is 0 Å². The van der Waals surface area contributed by atoms with E-state index < -0.39 is 0 Å². The van der Waals surface area contributed by atoms with Crippen molar-refractivity contribution in [1.29, 1.82) is 0 Å². The number of carbonyl (C=O) groups is 1. The molecule has 1 aliphatic heterocycles. The third-order valence-corrected chi connectivity index (χ3v) is 0.892. The quantitative estimate of drug-likeness (QED) is 0.331. The van der Waals surface area contributed by atoms with Gasteiger partial charge in [-0.05, 0) is 6.92 Å². The maximum atomic E-state index is 9.65. The standard InChI is InChI=1S/C4H6O2/c1-3-4(2-5)6-3/h2-4H,1H3/t3-,4-/m0/s1. The van der Waals surface area contributed by atoms with Crippen LogP contribution in [0.15, 0.2) is 0 Å². The van der Waals surface area contributed by atoms with Crippen molar-refractivity contribution in [2.45, 2.75) is 19.1 Å². The van der Waals surface area contributed by atoms with E-state index in [1.54, 1.807) is 0 Å². The zero-order valence-electron chi connectivity index (χ0n) is 3.55. The van der Waals surface area contributed by atoms with Gasteiger partial charge in [-0.2, -0.15) is 0 Å². The van der Waals surface area contributed by atoms with Crippen molar-refractivity contribution < 1.29 is 9.53 Å². The fraction of sp³-hybridized carbons (Fsp3) is 0.750. The number of rotatable bonds is 1. The molecule has 1 heterocycles. The molecule has 0 aromatic rings. The smallest absolute Gasteiger partial charge is 0.151 e. The molecule has 0 saturated carbocycles. The van der Waals surface area contributed by atoms with Gasteiger partial charge in [0.2, 0.25) is 0 Å². The monoisotopic (exact) mass is 86.0 g/mol. The van der Waals surface area contributed by atoms with Crippen LogP contribution in [0, 0.1) is 0 Å². The maximum Gasteiger partial charge on any atom is 0.151 e. The van der Waals surface area contributed by atoms with Gasteiger partial charge in [-0.25, -0.2) is 0 Å². The number of epoxide rings is 1. The van der Waals surface area contributed by atoms with Gasteiger partial charge in [0, 0.05) is 0 Å². The van der Waals surface area contributed by atoms with E-state index in [1.807, 2.05) is 6.92 Å². The summed E-state index contributed by atoms with van der Waals surface area (Å²) in [6.07, 6.45) is 0.942. The van der Waals surface area contributed by atoms with Crippen molar-refractivity contribution in [1.82, 2.24) is 0 Å². The summed E-state index contributed by atoms with van der Waals surface area (Å²) < 4.78 is 4.70. The molecule has 2 atom stereocenters. The average molecular weight is 86.1 g/mol. The molecule has 0 radical (unpaired) electrons. The number of ether oxygens (including phenoxy) is 1. The van der Waals surface area contributed by atoms with Crippen molar-refractivity contribution >= 4 is 6.29 Å². The number of carbonyl (C=O) groups excluding carboxylic acids is 1. The predicted molar refractivity (Wildman–Crippen MR) is 20.4 cm³/mol. The molecule has 0 amide bonds. The molecule has 6 heavy (non-hydrogen) atoms. The van der Waals surface area contributed by atoms with Gasteiger partial charge in [0.1, 0.15) is 6.10 Å². The SMILES string of the molecule is C[C@@H]1O[C@H]1C=O. The Hall–Kier alpha value is -0.370. The summed E-state index contributed by atoms with van der Waals surface area (Å²) in [6, 6.07) is 0. The molecule has 0 aromatic heterocycles. The fourth-order valence-corrected chi connectivity index (χ4v) is 0.345. The lowest BCUT2D eigenvalue weighted by molar-refractivity contribution is -0.108. The molecule has 0 N–H and O–H groups in total. The van der Waals surface area contributed by atoms with E-state index in [9.17, 15) is 4.79 Å². The van der Waals surface area contributed by atoms with Crippen molar-refractivity contribution in [2.75, 3.05) is 0 Å². The first-order valence-corrected chi connectivity index (χ1v) is 1.95. The molecule has 0 aromatic carbocycles. The van der Waals surface area contributed by atoms with Crippen molar-refractivity contribution in [3.8, 4) is 0 Å². The Morgan fingerprint density at radius 1 is 1.83 bits per heavy atom. The molecule has 1 rings (SSSR count). The summed E-state index contributed by atoms with van der Waals surface area (Å²) >= 11 is 0. The lowest BCUT2D eigenvalue weighted by atomic mass is 10.4. The van der Waals surface area contributed by atoms with Gasteiger partial charge in [-0.1, -0.05) is 0 Å². The molecule has 0 aliphatic carbocycles. The van der Waals surface area contributed by atoms with E-state index in [4.69, 9.17) is 4.74 Å². The summed E-state index contributed by atoms with van der Waals surface area (Å²) in [5.74, 6) is 0. The first kappa shape index (κ1) is 3.81. The highest BCUT2D eigenvalue weighted by molar-refractivity contribution is 5.60. The molecule has 0 bridgehead atoms. The fourth-order valence-electron chi connectivity index (χ4n) is 0.345. The van der Waals surface area contributed by atoms with Crippen LogP contribution in [0.5, 0.6) is 0 Å². The Balaban J connectivity index is 2.25. The molecule has 0 unspecified atom stereocenters. The Bertz CT molecular complexity index is 69.9. The van der Waals surface area contributed by atoms with E-state index in [0.29, 0.717) is 0 Å². The van der Waals surface area contributed by atoms with Crippen LogP contribution in [0.3, 0.4) is 0 Å². The van der Waals surface area contributed by atoms with Gasteiger partial charge >= 0.3 is 0 Å².